The molecule has 1 heterocycles. The number of rotatable bonds is 7. The summed E-state index contributed by atoms with van der Waals surface area (Å²) in [6.07, 6.45) is 0.584. The van der Waals surface area contributed by atoms with E-state index in [0.29, 0.717) is 18.1 Å². The van der Waals surface area contributed by atoms with E-state index in [0.717, 1.165) is 11.3 Å². The third-order valence-corrected chi connectivity index (χ3v) is 7.10. The summed E-state index contributed by atoms with van der Waals surface area (Å²) < 4.78 is 33.8. The SMILES string of the molecule is Cc1cc(Cl)ccc1OCC[C@H](N[S+]([O-])C(C)(C)C)B1OC(C)(C)C(C)(C)O1. The third-order valence-electron chi connectivity index (χ3n) is 5.24. The van der Waals surface area contributed by atoms with Crippen LogP contribution in [0.1, 0.15) is 60.5 Å². The zero-order valence-electron chi connectivity index (χ0n) is 18.2. The molecular weight excluding hydrogens is 397 g/mol. The topological polar surface area (TPSA) is 62.8 Å². The van der Waals surface area contributed by atoms with Gasteiger partial charge in [0.25, 0.3) is 0 Å². The average Bonchev–Trinajstić information content (AvgIpc) is 2.75. The molecule has 0 saturated carbocycles. The van der Waals surface area contributed by atoms with Gasteiger partial charge in [-0.15, -0.1) is 4.72 Å². The van der Waals surface area contributed by atoms with Gasteiger partial charge in [-0.05, 0) is 85.6 Å². The van der Waals surface area contributed by atoms with Crippen LogP contribution in [-0.2, 0) is 20.7 Å². The van der Waals surface area contributed by atoms with Crippen LogP contribution >= 0.6 is 11.6 Å². The van der Waals surface area contributed by atoms with Crippen LogP contribution in [0.3, 0.4) is 0 Å². The van der Waals surface area contributed by atoms with Crippen molar-refractivity contribution >= 4 is 30.1 Å². The van der Waals surface area contributed by atoms with Gasteiger partial charge in [-0.2, -0.15) is 0 Å². The summed E-state index contributed by atoms with van der Waals surface area (Å²) in [6.45, 7) is 16.2. The fourth-order valence-electron chi connectivity index (χ4n) is 2.69. The zero-order valence-corrected chi connectivity index (χ0v) is 19.8. The van der Waals surface area contributed by atoms with Crippen molar-refractivity contribution in [1.29, 1.82) is 0 Å². The molecule has 1 aliphatic heterocycles. The smallest absolute Gasteiger partial charge is 0.480 e. The van der Waals surface area contributed by atoms with Gasteiger partial charge < -0.3 is 18.6 Å². The van der Waals surface area contributed by atoms with Crippen molar-refractivity contribution in [3.05, 3.63) is 28.8 Å². The van der Waals surface area contributed by atoms with Crippen molar-refractivity contribution in [2.45, 2.75) is 83.7 Å². The van der Waals surface area contributed by atoms with Gasteiger partial charge in [0.05, 0.1) is 23.8 Å². The van der Waals surface area contributed by atoms with Crippen molar-refractivity contribution in [2.75, 3.05) is 6.61 Å². The molecule has 0 aromatic heterocycles. The van der Waals surface area contributed by atoms with Crippen molar-refractivity contribution in [1.82, 2.24) is 4.72 Å². The van der Waals surface area contributed by atoms with E-state index in [4.69, 9.17) is 25.6 Å². The molecular formula is C20H33BClNO4S. The first kappa shape index (κ1) is 23.8. The highest BCUT2D eigenvalue weighted by molar-refractivity contribution is 7.90. The van der Waals surface area contributed by atoms with Crippen molar-refractivity contribution < 1.29 is 18.6 Å². The number of nitrogens with one attached hydrogen (secondary N) is 1. The zero-order chi connectivity index (χ0) is 21.3. The largest absolute Gasteiger partial charge is 0.598 e. The van der Waals surface area contributed by atoms with Crippen molar-refractivity contribution in [2.24, 2.45) is 0 Å². The molecule has 1 aromatic carbocycles. The molecule has 158 valence electrons. The summed E-state index contributed by atoms with van der Waals surface area (Å²) in [4.78, 5) is 0. The fraction of sp³-hybridized carbons (Fsp3) is 0.700. The van der Waals surface area contributed by atoms with E-state index in [9.17, 15) is 4.55 Å². The van der Waals surface area contributed by atoms with Gasteiger partial charge in [0.1, 0.15) is 10.5 Å². The predicted molar refractivity (Wildman–Crippen MR) is 117 cm³/mol. The van der Waals surface area contributed by atoms with Crippen LogP contribution in [0.2, 0.25) is 5.02 Å². The first-order valence-corrected chi connectivity index (χ1v) is 11.2. The van der Waals surface area contributed by atoms with Gasteiger partial charge >= 0.3 is 7.12 Å². The molecule has 2 rings (SSSR count). The van der Waals surface area contributed by atoms with E-state index < -0.39 is 34.4 Å². The molecule has 1 fully saturated rings. The van der Waals surface area contributed by atoms with E-state index in [1.807, 2.05) is 73.6 Å². The number of halogens is 1. The van der Waals surface area contributed by atoms with Gasteiger partial charge in [-0.3, -0.25) is 0 Å². The Bertz CT molecular complexity index is 665. The molecule has 2 atom stereocenters. The molecule has 5 nitrogen and oxygen atoms in total. The minimum absolute atomic E-state index is 0.270. The van der Waals surface area contributed by atoms with Gasteiger partial charge in [0.2, 0.25) is 0 Å². The van der Waals surface area contributed by atoms with Crippen LogP contribution in [0.25, 0.3) is 0 Å². The van der Waals surface area contributed by atoms with Crippen LogP contribution in [0.4, 0.5) is 0 Å². The Balaban J connectivity index is 2.08. The molecule has 1 N–H and O–H groups in total. The summed E-state index contributed by atoms with van der Waals surface area (Å²) in [5, 5.41) is 0.683. The summed E-state index contributed by atoms with van der Waals surface area (Å²) >= 11 is 4.76. The molecule has 0 aliphatic carbocycles. The summed E-state index contributed by atoms with van der Waals surface area (Å²) in [5.41, 5.74) is 0.0778. The lowest BCUT2D eigenvalue weighted by Gasteiger charge is -2.32. The highest BCUT2D eigenvalue weighted by Crippen LogP contribution is 2.38. The Morgan fingerprint density at radius 1 is 1.21 bits per heavy atom. The normalized spacial score (nSPS) is 20.9. The van der Waals surface area contributed by atoms with E-state index in [1.165, 1.54) is 0 Å². The lowest BCUT2D eigenvalue weighted by molar-refractivity contribution is 0.00578. The van der Waals surface area contributed by atoms with Crippen LogP contribution in [0.5, 0.6) is 5.75 Å². The second kappa shape index (κ2) is 8.74. The molecule has 1 saturated heterocycles. The number of hydrogen-bond acceptors (Lipinski definition) is 5. The minimum atomic E-state index is -1.25. The Morgan fingerprint density at radius 2 is 1.79 bits per heavy atom. The van der Waals surface area contributed by atoms with Crippen molar-refractivity contribution in [3.8, 4) is 5.75 Å². The Kier molecular flexibility index (Phi) is 7.44. The van der Waals surface area contributed by atoms with E-state index in [2.05, 4.69) is 4.72 Å². The van der Waals surface area contributed by atoms with Gasteiger partial charge in [0.15, 0.2) is 0 Å². The fourth-order valence-corrected chi connectivity index (χ4v) is 3.77. The minimum Gasteiger partial charge on any atom is -0.598 e. The first-order valence-electron chi connectivity index (χ1n) is 9.65. The Morgan fingerprint density at radius 3 is 2.29 bits per heavy atom. The molecule has 0 bridgehead atoms. The van der Waals surface area contributed by atoms with Crippen LogP contribution in [0, 0.1) is 6.92 Å². The lowest BCUT2D eigenvalue weighted by atomic mass is 9.77. The third kappa shape index (κ3) is 5.80. The van der Waals surface area contributed by atoms with Crippen molar-refractivity contribution in [3.63, 3.8) is 0 Å². The maximum Gasteiger partial charge on any atom is 0.480 e. The van der Waals surface area contributed by atoms with E-state index >= 15 is 0 Å². The lowest BCUT2D eigenvalue weighted by Crippen LogP contribution is -2.52. The summed E-state index contributed by atoms with van der Waals surface area (Å²) in [5.74, 6) is 0.516. The summed E-state index contributed by atoms with van der Waals surface area (Å²) in [6, 6.07) is 5.54. The Labute approximate surface area is 178 Å². The maximum atomic E-state index is 12.7. The van der Waals surface area contributed by atoms with E-state index in [1.54, 1.807) is 0 Å². The number of ether oxygens (including phenoxy) is 1. The molecule has 1 unspecified atom stereocenters. The number of benzene rings is 1. The first-order chi connectivity index (χ1) is 12.7. The van der Waals surface area contributed by atoms with Gasteiger partial charge in [0, 0.05) is 16.4 Å². The van der Waals surface area contributed by atoms with Gasteiger partial charge in [-0.25, -0.2) is 0 Å². The average molecular weight is 430 g/mol. The van der Waals surface area contributed by atoms with Crippen LogP contribution in [-0.4, -0.2) is 40.2 Å². The van der Waals surface area contributed by atoms with Crippen LogP contribution < -0.4 is 9.46 Å². The molecule has 0 spiro atoms. The number of aryl methyl sites for hydroxylation is 1. The maximum absolute atomic E-state index is 12.7. The molecule has 0 radical (unpaired) electrons. The number of hydrogen-bond donors (Lipinski definition) is 1. The summed E-state index contributed by atoms with van der Waals surface area (Å²) in [7, 11) is -0.508. The highest BCUT2D eigenvalue weighted by Gasteiger charge is 2.55. The molecule has 1 aromatic rings. The second-order valence-corrected chi connectivity index (χ2v) is 11.7. The standard InChI is InChI=1S/C20H33BClNO4S/c1-14-13-15(22)9-10-16(14)25-12-11-17(23-28(24)18(2,3)4)21-26-19(5,6)20(7,8)27-21/h9-10,13,17,23H,11-12H2,1-8H3/t17-,28?/m0/s1. The molecule has 1 aliphatic rings. The van der Waals surface area contributed by atoms with Gasteiger partial charge in [-0.1, -0.05) is 11.6 Å². The highest BCUT2D eigenvalue weighted by atomic mass is 35.5. The van der Waals surface area contributed by atoms with E-state index in [-0.39, 0.29) is 5.94 Å². The monoisotopic (exact) mass is 429 g/mol. The predicted octanol–water partition coefficient (Wildman–Crippen LogP) is 4.47. The molecule has 28 heavy (non-hydrogen) atoms. The van der Waals surface area contributed by atoms with Crippen LogP contribution in [0.15, 0.2) is 18.2 Å². The Hall–Kier alpha value is -0.435. The quantitative estimate of drug-likeness (QED) is 0.512. The molecule has 0 amide bonds. The molecule has 8 heteroatoms. The second-order valence-electron chi connectivity index (χ2n) is 9.28.